The average Bonchev–Trinajstić information content (AvgIpc) is 3.03. The minimum Gasteiger partial charge on any atom is -0.342 e. The maximum atomic E-state index is 12.6. The fourth-order valence-electron chi connectivity index (χ4n) is 3.11. The molecule has 0 saturated carbocycles. The van der Waals surface area contributed by atoms with Crippen molar-refractivity contribution in [3.8, 4) is 10.6 Å². The number of benzene rings is 1. The number of nitrogens with two attached hydrogens (primary N) is 1. The van der Waals surface area contributed by atoms with Crippen LogP contribution in [-0.2, 0) is 11.2 Å². The molecule has 0 aliphatic carbocycles. The van der Waals surface area contributed by atoms with Gasteiger partial charge in [0.1, 0.15) is 5.01 Å². The topological polar surface area (TPSA) is 59.2 Å². The fraction of sp³-hybridized carbons (Fsp3) is 0.444. The standard InChI is InChI=1S/C18H21Cl2N3OS/c1-11(21)12-3-2-6-23(9-12)17(24)8-14-10-25-18(22-14)15-5-4-13(19)7-16(15)20/h4-5,7,10-12H,2-3,6,8-9,21H2,1H3/t11-,12+/m1/s1. The van der Waals surface area contributed by atoms with Crippen molar-refractivity contribution in [1.29, 1.82) is 0 Å². The van der Waals surface area contributed by atoms with Gasteiger partial charge in [0.2, 0.25) is 5.91 Å². The van der Waals surface area contributed by atoms with Gasteiger partial charge in [-0.25, -0.2) is 4.98 Å². The Labute approximate surface area is 161 Å². The van der Waals surface area contributed by atoms with E-state index in [1.165, 1.54) is 11.3 Å². The summed E-state index contributed by atoms with van der Waals surface area (Å²) in [7, 11) is 0. The highest BCUT2D eigenvalue weighted by molar-refractivity contribution is 7.13. The predicted octanol–water partition coefficient (Wildman–Crippen LogP) is 4.25. The summed E-state index contributed by atoms with van der Waals surface area (Å²) in [5.41, 5.74) is 7.62. The zero-order chi connectivity index (χ0) is 18.0. The molecule has 2 heterocycles. The summed E-state index contributed by atoms with van der Waals surface area (Å²) in [6.07, 6.45) is 2.42. The average molecular weight is 398 g/mol. The molecule has 0 spiro atoms. The third-order valence-corrected chi connectivity index (χ3v) is 6.07. The lowest BCUT2D eigenvalue weighted by Gasteiger charge is -2.34. The van der Waals surface area contributed by atoms with Gasteiger partial charge >= 0.3 is 0 Å². The molecule has 0 unspecified atom stereocenters. The zero-order valence-electron chi connectivity index (χ0n) is 14.0. The Morgan fingerprint density at radius 2 is 2.28 bits per heavy atom. The van der Waals surface area contributed by atoms with Crippen LogP contribution in [0.5, 0.6) is 0 Å². The molecule has 1 aromatic carbocycles. The largest absolute Gasteiger partial charge is 0.342 e. The Hall–Kier alpha value is -1.14. The van der Waals surface area contributed by atoms with Gasteiger partial charge in [0.25, 0.3) is 0 Å². The molecule has 0 bridgehead atoms. The number of thiazole rings is 1. The molecule has 7 heteroatoms. The molecule has 25 heavy (non-hydrogen) atoms. The van der Waals surface area contributed by atoms with Crippen LogP contribution in [0, 0.1) is 5.92 Å². The number of carbonyl (C=O) groups excluding carboxylic acids is 1. The third kappa shape index (κ3) is 4.53. The number of piperidine rings is 1. The normalized spacial score (nSPS) is 19.0. The maximum absolute atomic E-state index is 12.6. The number of halogens is 2. The van der Waals surface area contributed by atoms with E-state index in [4.69, 9.17) is 28.9 Å². The van der Waals surface area contributed by atoms with E-state index in [0.29, 0.717) is 22.4 Å². The van der Waals surface area contributed by atoms with Crippen molar-refractivity contribution in [1.82, 2.24) is 9.88 Å². The summed E-state index contributed by atoms with van der Waals surface area (Å²) in [5, 5.41) is 3.88. The molecule has 134 valence electrons. The number of amides is 1. The SMILES string of the molecule is C[C@@H](N)[C@H]1CCCN(C(=O)Cc2csc(-c3ccc(Cl)cc3Cl)n2)C1. The molecule has 3 rings (SSSR count). The van der Waals surface area contributed by atoms with Crippen molar-refractivity contribution in [3.05, 3.63) is 39.3 Å². The van der Waals surface area contributed by atoms with Crippen molar-refractivity contribution < 1.29 is 4.79 Å². The second-order valence-electron chi connectivity index (χ2n) is 6.55. The van der Waals surface area contributed by atoms with Gasteiger partial charge in [-0.15, -0.1) is 11.3 Å². The molecule has 1 amide bonds. The van der Waals surface area contributed by atoms with Gasteiger partial charge in [-0.3, -0.25) is 4.79 Å². The molecule has 1 saturated heterocycles. The van der Waals surface area contributed by atoms with E-state index in [0.717, 1.165) is 42.2 Å². The highest BCUT2D eigenvalue weighted by Gasteiger charge is 2.26. The summed E-state index contributed by atoms with van der Waals surface area (Å²) >= 11 is 13.7. The molecule has 2 atom stereocenters. The number of likely N-dealkylation sites (tertiary alicyclic amines) is 1. The number of aromatic nitrogens is 1. The second kappa shape index (κ2) is 8.04. The molecular weight excluding hydrogens is 377 g/mol. The van der Waals surface area contributed by atoms with E-state index < -0.39 is 0 Å². The van der Waals surface area contributed by atoms with Crippen molar-refractivity contribution in [2.75, 3.05) is 13.1 Å². The lowest BCUT2D eigenvalue weighted by Crippen LogP contribution is -2.45. The van der Waals surface area contributed by atoms with Gasteiger partial charge < -0.3 is 10.6 Å². The Bertz CT molecular complexity index is 763. The van der Waals surface area contributed by atoms with Gasteiger partial charge in [-0.1, -0.05) is 23.2 Å². The number of rotatable bonds is 4. The first-order chi connectivity index (χ1) is 11.9. The Morgan fingerprint density at radius 3 is 3.00 bits per heavy atom. The highest BCUT2D eigenvalue weighted by Crippen LogP contribution is 2.32. The third-order valence-electron chi connectivity index (χ3n) is 4.60. The van der Waals surface area contributed by atoms with Crippen LogP contribution in [-0.4, -0.2) is 34.9 Å². The number of nitrogens with zero attached hydrogens (tertiary/aromatic N) is 2. The molecule has 1 aliphatic rings. The number of carbonyl (C=O) groups is 1. The molecule has 4 nitrogen and oxygen atoms in total. The maximum Gasteiger partial charge on any atom is 0.228 e. The lowest BCUT2D eigenvalue weighted by atomic mass is 9.92. The van der Waals surface area contributed by atoms with Gasteiger partial charge in [0.05, 0.1) is 17.1 Å². The molecule has 1 fully saturated rings. The second-order valence-corrected chi connectivity index (χ2v) is 8.25. The first-order valence-corrected chi connectivity index (χ1v) is 10.0. The zero-order valence-corrected chi connectivity index (χ0v) is 16.4. The Kier molecular flexibility index (Phi) is 6.00. The van der Waals surface area contributed by atoms with Gasteiger partial charge in [-0.05, 0) is 43.9 Å². The van der Waals surface area contributed by atoms with Crippen LogP contribution in [0.25, 0.3) is 10.6 Å². The van der Waals surface area contributed by atoms with Crippen LogP contribution < -0.4 is 5.73 Å². The molecular formula is C18H21Cl2N3OS. The summed E-state index contributed by atoms with van der Waals surface area (Å²) in [6, 6.07) is 5.46. The summed E-state index contributed by atoms with van der Waals surface area (Å²) in [4.78, 5) is 19.1. The van der Waals surface area contributed by atoms with Gasteiger partial charge in [0.15, 0.2) is 0 Å². The van der Waals surface area contributed by atoms with Gasteiger partial charge in [-0.2, -0.15) is 0 Å². The van der Waals surface area contributed by atoms with Crippen molar-refractivity contribution in [2.24, 2.45) is 11.7 Å². The van der Waals surface area contributed by atoms with E-state index in [2.05, 4.69) is 4.98 Å². The van der Waals surface area contributed by atoms with E-state index >= 15 is 0 Å². The van der Waals surface area contributed by atoms with Crippen LogP contribution in [0.15, 0.2) is 23.6 Å². The quantitative estimate of drug-likeness (QED) is 0.838. The molecule has 2 N–H and O–H groups in total. The number of hydrogen-bond acceptors (Lipinski definition) is 4. The van der Waals surface area contributed by atoms with Crippen LogP contribution in [0.1, 0.15) is 25.5 Å². The Balaban J connectivity index is 1.67. The molecule has 1 aliphatic heterocycles. The van der Waals surface area contributed by atoms with Crippen LogP contribution in [0.3, 0.4) is 0 Å². The van der Waals surface area contributed by atoms with Crippen molar-refractivity contribution >= 4 is 40.4 Å². The van der Waals surface area contributed by atoms with Crippen LogP contribution in [0.4, 0.5) is 0 Å². The smallest absolute Gasteiger partial charge is 0.228 e. The van der Waals surface area contributed by atoms with Crippen LogP contribution >= 0.6 is 34.5 Å². The van der Waals surface area contributed by atoms with E-state index in [1.54, 1.807) is 12.1 Å². The van der Waals surface area contributed by atoms with Crippen molar-refractivity contribution in [3.63, 3.8) is 0 Å². The first kappa shape index (κ1) is 18.6. The minimum absolute atomic E-state index is 0.115. The molecule has 2 aromatic rings. The highest BCUT2D eigenvalue weighted by atomic mass is 35.5. The van der Waals surface area contributed by atoms with E-state index in [1.807, 2.05) is 23.3 Å². The Morgan fingerprint density at radius 1 is 1.48 bits per heavy atom. The monoisotopic (exact) mass is 397 g/mol. The fourth-order valence-corrected chi connectivity index (χ4v) is 4.52. The number of hydrogen-bond donors (Lipinski definition) is 1. The van der Waals surface area contributed by atoms with Crippen LogP contribution in [0.2, 0.25) is 10.0 Å². The lowest BCUT2D eigenvalue weighted by molar-refractivity contribution is -0.132. The minimum atomic E-state index is 0.115. The first-order valence-electron chi connectivity index (χ1n) is 8.37. The van der Waals surface area contributed by atoms with Gasteiger partial charge in [0, 0.05) is 35.1 Å². The molecule has 0 radical (unpaired) electrons. The summed E-state index contributed by atoms with van der Waals surface area (Å²) in [6.45, 7) is 3.57. The summed E-state index contributed by atoms with van der Waals surface area (Å²) < 4.78 is 0. The molecule has 1 aromatic heterocycles. The van der Waals surface area contributed by atoms with E-state index in [-0.39, 0.29) is 11.9 Å². The summed E-state index contributed by atoms with van der Waals surface area (Å²) in [5.74, 6) is 0.501. The predicted molar refractivity (Wildman–Crippen MR) is 104 cm³/mol. The van der Waals surface area contributed by atoms with Crippen molar-refractivity contribution in [2.45, 2.75) is 32.2 Å². The van der Waals surface area contributed by atoms with E-state index in [9.17, 15) is 4.79 Å².